The van der Waals surface area contributed by atoms with Crippen molar-refractivity contribution in [3.05, 3.63) is 17.5 Å². The number of H-pyrrole nitrogens is 1. The molecule has 0 aliphatic carbocycles. The fraction of sp³-hybridized carbons (Fsp3) is 0.750. The van der Waals surface area contributed by atoms with Gasteiger partial charge in [0.15, 0.2) is 0 Å². The molecule has 1 aliphatic rings. The first-order chi connectivity index (χ1) is 7.68. The van der Waals surface area contributed by atoms with Gasteiger partial charge in [0, 0.05) is 19.6 Å². The average molecular weight is 222 g/mol. The molecule has 2 N–H and O–H groups in total. The molecule has 4 heteroatoms. The number of piperazine rings is 1. The van der Waals surface area contributed by atoms with E-state index in [0.717, 1.165) is 26.1 Å². The number of likely N-dealkylation sites (N-methyl/N-ethyl adjacent to an activating group) is 1. The second-order valence-electron chi connectivity index (χ2n) is 5.11. The maximum absolute atomic E-state index is 4.21. The number of aromatic nitrogens is 2. The van der Waals surface area contributed by atoms with Crippen LogP contribution in [0, 0.1) is 5.92 Å². The zero-order valence-corrected chi connectivity index (χ0v) is 10.5. The molecule has 1 fully saturated rings. The van der Waals surface area contributed by atoms with Gasteiger partial charge in [0.05, 0.1) is 17.9 Å². The normalized spacial score (nSPS) is 22.9. The van der Waals surface area contributed by atoms with Crippen molar-refractivity contribution in [1.82, 2.24) is 20.4 Å². The van der Waals surface area contributed by atoms with Crippen molar-refractivity contribution in [2.24, 2.45) is 5.92 Å². The molecule has 0 saturated carbocycles. The molecule has 2 rings (SSSR count). The van der Waals surface area contributed by atoms with Crippen LogP contribution in [0.25, 0.3) is 0 Å². The zero-order chi connectivity index (χ0) is 11.5. The van der Waals surface area contributed by atoms with E-state index < -0.39 is 0 Å². The summed E-state index contributed by atoms with van der Waals surface area (Å²) in [5.74, 6) is 0.679. The van der Waals surface area contributed by atoms with Crippen LogP contribution in [0.1, 0.15) is 31.1 Å². The Hall–Kier alpha value is -0.870. The van der Waals surface area contributed by atoms with Crippen LogP contribution in [0.5, 0.6) is 0 Å². The predicted molar refractivity (Wildman–Crippen MR) is 65.4 cm³/mol. The van der Waals surface area contributed by atoms with Gasteiger partial charge in [0.1, 0.15) is 0 Å². The molecule has 4 nitrogen and oxygen atoms in total. The first-order valence-corrected chi connectivity index (χ1v) is 6.11. The average Bonchev–Trinajstić information content (AvgIpc) is 2.66. The molecule has 16 heavy (non-hydrogen) atoms. The van der Waals surface area contributed by atoms with E-state index in [2.05, 4.69) is 41.3 Å². The number of aromatic amines is 1. The lowest BCUT2D eigenvalue weighted by atomic mass is 9.99. The van der Waals surface area contributed by atoms with Crippen molar-refractivity contribution in [3.63, 3.8) is 0 Å². The summed E-state index contributed by atoms with van der Waals surface area (Å²) in [4.78, 5) is 2.40. The highest BCUT2D eigenvalue weighted by Gasteiger charge is 2.24. The van der Waals surface area contributed by atoms with Crippen LogP contribution in [0.2, 0.25) is 0 Å². The van der Waals surface area contributed by atoms with Gasteiger partial charge in [-0.15, -0.1) is 0 Å². The van der Waals surface area contributed by atoms with E-state index in [4.69, 9.17) is 0 Å². The van der Waals surface area contributed by atoms with Gasteiger partial charge < -0.3 is 5.32 Å². The molecule has 1 atom stereocenters. The molecule has 2 heterocycles. The van der Waals surface area contributed by atoms with Crippen LogP contribution in [0.3, 0.4) is 0 Å². The van der Waals surface area contributed by atoms with Crippen molar-refractivity contribution in [3.8, 4) is 0 Å². The summed E-state index contributed by atoms with van der Waals surface area (Å²) in [7, 11) is 2.19. The lowest BCUT2D eigenvalue weighted by Gasteiger charge is -2.33. The van der Waals surface area contributed by atoms with Crippen LogP contribution >= 0.6 is 0 Å². The molecule has 0 radical (unpaired) electrons. The van der Waals surface area contributed by atoms with E-state index in [1.165, 1.54) is 11.3 Å². The van der Waals surface area contributed by atoms with Crippen molar-refractivity contribution < 1.29 is 0 Å². The third-order valence-electron chi connectivity index (χ3n) is 3.22. The number of nitrogens with one attached hydrogen (secondary N) is 2. The Kier molecular flexibility index (Phi) is 3.61. The number of hydrogen-bond donors (Lipinski definition) is 2. The molecular formula is C12H22N4. The minimum Gasteiger partial charge on any atom is -0.313 e. The molecule has 1 aromatic heterocycles. The van der Waals surface area contributed by atoms with Gasteiger partial charge in [-0.25, -0.2) is 0 Å². The Bertz CT molecular complexity index is 332. The number of nitrogens with zero attached hydrogens (tertiary/aromatic N) is 2. The Morgan fingerprint density at radius 1 is 1.56 bits per heavy atom. The summed E-state index contributed by atoms with van der Waals surface area (Å²) in [6, 6.07) is 0.449. The van der Waals surface area contributed by atoms with Crippen LogP contribution < -0.4 is 5.32 Å². The molecular weight excluding hydrogens is 200 g/mol. The maximum atomic E-state index is 4.21. The standard InChI is InChI=1S/C12H22N4/c1-9(2)6-10-7-14-15-12(10)11-8-13-4-5-16(11)3/h7,9,11,13H,4-6,8H2,1-3H3,(H,14,15). The van der Waals surface area contributed by atoms with E-state index in [9.17, 15) is 0 Å². The van der Waals surface area contributed by atoms with Gasteiger partial charge in [-0.05, 0) is 24.9 Å². The predicted octanol–water partition coefficient (Wildman–Crippen LogP) is 1.18. The van der Waals surface area contributed by atoms with Gasteiger partial charge in [0.2, 0.25) is 0 Å². The van der Waals surface area contributed by atoms with E-state index in [1.54, 1.807) is 0 Å². The van der Waals surface area contributed by atoms with Gasteiger partial charge >= 0.3 is 0 Å². The zero-order valence-electron chi connectivity index (χ0n) is 10.5. The first-order valence-electron chi connectivity index (χ1n) is 6.11. The van der Waals surface area contributed by atoms with E-state index in [1.807, 2.05) is 6.20 Å². The molecule has 0 spiro atoms. The molecule has 90 valence electrons. The summed E-state index contributed by atoms with van der Waals surface area (Å²) in [5, 5.41) is 10.8. The molecule has 1 unspecified atom stereocenters. The molecule has 1 aliphatic heterocycles. The lowest BCUT2D eigenvalue weighted by Crippen LogP contribution is -2.44. The summed E-state index contributed by atoms with van der Waals surface area (Å²) in [6.45, 7) is 7.70. The monoisotopic (exact) mass is 222 g/mol. The van der Waals surface area contributed by atoms with Gasteiger partial charge in [-0.2, -0.15) is 5.10 Å². The second-order valence-corrected chi connectivity index (χ2v) is 5.11. The van der Waals surface area contributed by atoms with Crippen molar-refractivity contribution in [2.75, 3.05) is 26.7 Å². The third kappa shape index (κ3) is 2.44. The third-order valence-corrected chi connectivity index (χ3v) is 3.22. The fourth-order valence-electron chi connectivity index (χ4n) is 2.34. The molecule has 0 aromatic carbocycles. The lowest BCUT2D eigenvalue weighted by molar-refractivity contribution is 0.197. The fourth-order valence-corrected chi connectivity index (χ4v) is 2.34. The molecule has 0 amide bonds. The number of rotatable bonds is 3. The quantitative estimate of drug-likeness (QED) is 0.807. The van der Waals surface area contributed by atoms with Crippen LogP contribution in [-0.4, -0.2) is 41.8 Å². The van der Waals surface area contributed by atoms with Crippen molar-refractivity contribution in [2.45, 2.75) is 26.3 Å². The van der Waals surface area contributed by atoms with Crippen molar-refractivity contribution in [1.29, 1.82) is 0 Å². The number of hydrogen-bond acceptors (Lipinski definition) is 3. The van der Waals surface area contributed by atoms with E-state index in [0.29, 0.717) is 12.0 Å². The summed E-state index contributed by atoms with van der Waals surface area (Å²) >= 11 is 0. The highest BCUT2D eigenvalue weighted by atomic mass is 15.2. The Morgan fingerprint density at radius 2 is 2.38 bits per heavy atom. The van der Waals surface area contributed by atoms with E-state index >= 15 is 0 Å². The second kappa shape index (κ2) is 4.97. The SMILES string of the molecule is CC(C)Cc1cn[nH]c1C1CNCCN1C. The summed E-state index contributed by atoms with van der Waals surface area (Å²) < 4.78 is 0. The largest absolute Gasteiger partial charge is 0.313 e. The topological polar surface area (TPSA) is 44.0 Å². The minimum absolute atomic E-state index is 0.449. The Morgan fingerprint density at radius 3 is 3.06 bits per heavy atom. The van der Waals surface area contributed by atoms with Gasteiger partial charge in [-0.1, -0.05) is 13.8 Å². The Labute approximate surface area is 97.4 Å². The van der Waals surface area contributed by atoms with Crippen molar-refractivity contribution >= 4 is 0 Å². The van der Waals surface area contributed by atoms with Crippen LogP contribution in [-0.2, 0) is 6.42 Å². The molecule has 1 aromatic rings. The highest BCUT2D eigenvalue weighted by Crippen LogP contribution is 2.23. The smallest absolute Gasteiger partial charge is 0.0641 e. The highest BCUT2D eigenvalue weighted by molar-refractivity contribution is 5.21. The summed E-state index contributed by atoms with van der Waals surface area (Å²) in [6.07, 6.45) is 3.09. The van der Waals surface area contributed by atoms with Gasteiger partial charge in [-0.3, -0.25) is 10.00 Å². The molecule has 1 saturated heterocycles. The van der Waals surface area contributed by atoms with E-state index in [-0.39, 0.29) is 0 Å². The minimum atomic E-state index is 0.449. The van der Waals surface area contributed by atoms with Crippen LogP contribution in [0.4, 0.5) is 0 Å². The van der Waals surface area contributed by atoms with Gasteiger partial charge in [0.25, 0.3) is 0 Å². The van der Waals surface area contributed by atoms with Crippen LogP contribution in [0.15, 0.2) is 6.20 Å². The summed E-state index contributed by atoms with van der Waals surface area (Å²) in [5.41, 5.74) is 2.67. The first kappa shape index (κ1) is 11.6. The molecule has 0 bridgehead atoms. The maximum Gasteiger partial charge on any atom is 0.0641 e. The Balaban J connectivity index is 2.15.